The molecule has 2 aliphatic heterocycles. The Morgan fingerprint density at radius 2 is 2.10 bits per heavy atom. The Morgan fingerprint density at radius 3 is 2.70 bits per heavy atom. The summed E-state index contributed by atoms with van der Waals surface area (Å²) in [5.41, 5.74) is 5.46. The van der Waals surface area contributed by atoms with Crippen molar-refractivity contribution in [1.29, 1.82) is 0 Å². The molecule has 2 amide bonds. The summed E-state index contributed by atoms with van der Waals surface area (Å²) in [7, 11) is -3.82. The van der Waals surface area contributed by atoms with E-state index in [0.717, 1.165) is 17.6 Å². The van der Waals surface area contributed by atoms with Gasteiger partial charge in [0, 0.05) is 16.9 Å². The molecule has 162 valence electrons. The van der Waals surface area contributed by atoms with Gasteiger partial charge in [-0.2, -0.15) is 0 Å². The number of hydrogen-bond acceptors (Lipinski definition) is 9. The first-order valence-corrected chi connectivity index (χ1v) is 12.5. The van der Waals surface area contributed by atoms with Gasteiger partial charge in [0.2, 0.25) is 11.8 Å². The van der Waals surface area contributed by atoms with Gasteiger partial charge in [-0.25, -0.2) is 13.2 Å². The molecule has 2 unspecified atom stereocenters. The molecule has 0 aromatic carbocycles. The fraction of sp³-hybridized carbons (Fsp3) is 0.412. The highest BCUT2D eigenvalue weighted by Crippen LogP contribution is 2.41. The Hall–Kier alpha value is -2.38. The molecule has 1 aromatic rings. The lowest BCUT2D eigenvalue weighted by molar-refractivity contribution is -0.159. The van der Waals surface area contributed by atoms with Crippen molar-refractivity contribution in [3.8, 4) is 0 Å². The van der Waals surface area contributed by atoms with Crippen LogP contribution in [0.25, 0.3) is 0 Å². The molecule has 0 bridgehead atoms. The second-order valence-corrected chi connectivity index (χ2v) is 10.9. The Bertz CT molecular complexity index is 1050. The largest absolute Gasteiger partial charge is 0.477 e. The molecule has 13 heteroatoms. The molecule has 3 N–H and O–H groups in total. The van der Waals surface area contributed by atoms with E-state index in [2.05, 4.69) is 0 Å². The van der Waals surface area contributed by atoms with Gasteiger partial charge in [0.25, 0.3) is 0 Å². The molecule has 0 spiro atoms. The van der Waals surface area contributed by atoms with Gasteiger partial charge in [-0.1, -0.05) is 0 Å². The van der Waals surface area contributed by atoms with Crippen molar-refractivity contribution in [2.24, 2.45) is 11.7 Å². The molecule has 2 aliphatic rings. The fourth-order valence-corrected chi connectivity index (χ4v) is 7.09. The van der Waals surface area contributed by atoms with Gasteiger partial charge in [-0.3, -0.25) is 19.3 Å². The van der Waals surface area contributed by atoms with E-state index in [9.17, 15) is 27.6 Å². The number of β-lactam (4-membered cyclic amide) rings is 1. The lowest BCUT2D eigenvalue weighted by Crippen LogP contribution is -2.62. The number of hydrogen-bond donors (Lipinski definition) is 2. The number of ether oxygens (including phenoxy) is 1. The van der Waals surface area contributed by atoms with E-state index in [1.165, 1.54) is 28.8 Å². The normalized spacial score (nSPS) is 21.8. The minimum absolute atomic E-state index is 0.0764. The second kappa shape index (κ2) is 8.40. The SMILES string of the molecule is CS(=O)(=O)C(C(N)=O)c1sccc1CC(=O)OCC1C(=O)N2C(C(=O)O)=CCS[C@@H]12. The highest BCUT2D eigenvalue weighted by atomic mass is 32.2. The van der Waals surface area contributed by atoms with Gasteiger partial charge in [-0.15, -0.1) is 23.1 Å². The Labute approximate surface area is 180 Å². The van der Waals surface area contributed by atoms with E-state index in [0.29, 0.717) is 11.3 Å². The minimum atomic E-state index is -3.82. The smallest absolute Gasteiger partial charge is 0.352 e. The topological polar surface area (TPSA) is 161 Å². The van der Waals surface area contributed by atoms with Crippen LogP contribution in [0.1, 0.15) is 15.7 Å². The van der Waals surface area contributed by atoms with Crippen LogP contribution in [-0.2, 0) is 40.2 Å². The summed E-state index contributed by atoms with van der Waals surface area (Å²) in [5, 5.41) is 8.74. The van der Waals surface area contributed by atoms with Crippen LogP contribution in [0.5, 0.6) is 0 Å². The number of carbonyl (C=O) groups is 4. The molecule has 0 saturated carbocycles. The zero-order valence-corrected chi connectivity index (χ0v) is 18.1. The number of esters is 1. The van der Waals surface area contributed by atoms with Crippen LogP contribution < -0.4 is 5.73 Å². The zero-order valence-electron chi connectivity index (χ0n) is 15.6. The number of aliphatic carboxylic acids is 1. The Kier molecular flexibility index (Phi) is 6.24. The van der Waals surface area contributed by atoms with Crippen LogP contribution in [0.15, 0.2) is 23.2 Å². The van der Waals surface area contributed by atoms with E-state index < -0.39 is 50.1 Å². The maximum Gasteiger partial charge on any atom is 0.352 e. The van der Waals surface area contributed by atoms with Crippen molar-refractivity contribution in [1.82, 2.24) is 4.90 Å². The van der Waals surface area contributed by atoms with E-state index in [1.807, 2.05) is 0 Å². The zero-order chi connectivity index (χ0) is 22.2. The maximum absolute atomic E-state index is 12.3. The number of nitrogens with two attached hydrogens (primary N) is 1. The third-order valence-electron chi connectivity index (χ3n) is 4.64. The average molecular weight is 475 g/mol. The molecule has 10 nitrogen and oxygen atoms in total. The van der Waals surface area contributed by atoms with Gasteiger partial charge in [-0.05, 0) is 23.1 Å². The molecule has 1 fully saturated rings. The summed E-state index contributed by atoms with van der Waals surface area (Å²) in [6.07, 6.45) is 2.05. The number of rotatable bonds is 8. The van der Waals surface area contributed by atoms with Crippen LogP contribution in [0, 0.1) is 5.92 Å². The first-order chi connectivity index (χ1) is 14.0. The van der Waals surface area contributed by atoms with Crippen LogP contribution in [0.4, 0.5) is 0 Å². The van der Waals surface area contributed by atoms with E-state index in [-0.39, 0.29) is 23.6 Å². The summed E-state index contributed by atoms with van der Waals surface area (Å²) in [6.45, 7) is -0.219. The predicted molar refractivity (Wildman–Crippen MR) is 108 cm³/mol. The van der Waals surface area contributed by atoms with Gasteiger partial charge in [0.15, 0.2) is 15.1 Å². The van der Waals surface area contributed by atoms with Crippen LogP contribution in [-0.4, -0.2) is 66.2 Å². The highest BCUT2D eigenvalue weighted by Gasteiger charge is 2.52. The molecule has 1 saturated heterocycles. The lowest BCUT2D eigenvalue weighted by atomic mass is 9.97. The first kappa shape index (κ1) is 22.3. The average Bonchev–Trinajstić information content (AvgIpc) is 3.06. The van der Waals surface area contributed by atoms with Crippen LogP contribution in [0.2, 0.25) is 0 Å². The Balaban J connectivity index is 1.63. The van der Waals surface area contributed by atoms with Gasteiger partial charge < -0.3 is 15.6 Å². The van der Waals surface area contributed by atoms with Gasteiger partial charge in [0.05, 0.1) is 11.8 Å². The molecular weight excluding hydrogens is 456 g/mol. The molecule has 3 atom stereocenters. The van der Waals surface area contributed by atoms with Crippen molar-refractivity contribution in [3.63, 3.8) is 0 Å². The number of nitrogens with zero attached hydrogens (tertiary/aromatic N) is 1. The molecule has 3 heterocycles. The van der Waals surface area contributed by atoms with Crippen LogP contribution in [0.3, 0.4) is 0 Å². The van der Waals surface area contributed by atoms with Crippen molar-refractivity contribution < 1.29 is 37.4 Å². The van der Waals surface area contributed by atoms with Crippen molar-refractivity contribution >= 4 is 56.7 Å². The number of carbonyl (C=O) groups excluding carboxylic acids is 3. The summed E-state index contributed by atoms with van der Waals surface area (Å²) < 4.78 is 29.0. The van der Waals surface area contributed by atoms with Crippen molar-refractivity contribution in [2.45, 2.75) is 17.0 Å². The summed E-state index contributed by atoms with van der Waals surface area (Å²) in [5.74, 6) is -3.59. The summed E-state index contributed by atoms with van der Waals surface area (Å²) >= 11 is 2.37. The fourth-order valence-electron chi connectivity index (χ4n) is 3.29. The predicted octanol–water partition coefficient (Wildman–Crippen LogP) is -0.0954. The third-order valence-corrected chi connectivity index (χ3v) is 8.38. The van der Waals surface area contributed by atoms with Crippen molar-refractivity contribution in [2.75, 3.05) is 18.6 Å². The van der Waals surface area contributed by atoms with Gasteiger partial charge >= 0.3 is 11.9 Å². The van der Waals surface area contributed by atoms with E-state index >= 15 is 0 Å². The standard InChI is InChI=1S/C17H18N2O8S3/c1-30(25,26)13(14(18)21)12-8(2-4-28-12)6-11(20)27-7-9-15(22)19-10(17(23)24)3-5-29-16(9)19/h2-4,9,13,16H,5-7H2,1H3,(H2,18,21)(H,23,24)/t9?,13?,16-/m0/s1. The summed E-state index contributed by atoms with van der Waals surface area (Å²) in [6, 6.07) is 1.51. The maximum atomic E-state index is 12.3. The second-order valence-electron chi connectivity index (χ2n) is 6.71. The number of carboxylic acid groups (broad SMARTS) is 1. The minimum Gasteiger partial charge on any atom is -0.477 e. The van der Waals surface area contributed by atoms with Crippen LogP contribution >= 0.6 is 23.1 Å². The van der Waals surface area contributed by atoms with Gasteiger partial charge in [0.1, 0.15) is 18.2 Å². The van der Waals surface area contributed by atoms with Crippen molar-refractivity contribution in [3.05, 3.63) is 33.7 Å². The van der Waals surface area contributed by atoms with E-state index in [4.69, 9.17) is 15.6 Å². The number of carboxylic acids is 1. The monoisotopic (exact) mass is 474 g/mol. The van der Waals surface area contributed by atoms with E-state index in [1.54, 1.807) is 5.38 Å². The number of thiophene rings is 1. The first-order valence-electron chi connectivity index (χ1n) is 8.60. The molecule has 30 heavy (non-hydrogen) atoms. The molecule has 3 rings (SSSR count). The molecule has 1 aromatic heterocycles. The number of fused-ring (bicyclic) bond motifs is 1. The Morgan fingerprint density at radius 1 is 1.40 bits per heavy atom. The highest BCUT2D eigenvalue weighted by molar-refractivity contribution is 8.00. The third kappa shape index (κ3) is 4.23. The molecule has 0 radical (unpaired) electrons. The number of thioether (sulfide) groups is 1. The molecular formula is C17H18N2O8S3. The number of primary amides is 1. The summed E-state index contributed by atoms with van der Waals surface area (Å²) in [4.78, 5) is 48.7. The number of amides is 2. The molecule has 0 aliphatic carbocycles. The number of sulfone groups is 1. The quantitative estimate of drug-likeness (QED) is 0.387. The lowest BCUT2D eigenvalue weighted by Gasteiger charge is -2.47.